The molecule has 0 aliphatic carbocycles. The lowest BCUT2D eigenvalue weighted by atomic mass is 9.79. The van der Waals surface area contributed by atoms with Crippen molar-refractivity contribution >= 4 is 30.2 Å². The van der Waals surface area contributed by atoms with Crippen LogP contribution in [-0.4, -0.2) is 28.5 Å². The molecular formula is C14H9BFN3O5. The normalized spacial score (nSPS) is 15.5. The van der Waals surface area contributed by atoms with E-state index >= 15 is 0 Å². The van der Waals surface area contributed by atoms with E-state index in [1.165, 1.54) is 0 Å². The van der Waals surface area contributed by atoms with Crippen LogP contribution in [0.1, 0.15) is 26.3 Å². The third-order valence-corrected chi connectivity index (χ3v) is 4.07. The number of nitrogens with two attached hydrogens (primary N) is 1. The number of aromatic nitrogens is 1. The summed E-state index contributed by atoms with van der Waals surface area (Å²) in [6.45, 7) is -0.0554. The molecule has 1 aromatic carbocycles. The molecule has 2 aliphatic heterocycles. The highest BCUT2D eigenvalue weighted by Crippen LogP contribution is 2.26. The molecule has 0 fully saturated rings. The Morgan fingerprint density at radius 2 is 2.00 bits per heavy atom. The van der Waals surface area contributed by atoms with Gasteiger partial charge < -0.3 is 15.4 Å². The van der Waals surface area contributed by atoms with Gasteiger partial charge in [0.15, 0.2) is 0 Å². The number of rotatable bonds is 1. The van der Waals surface area contributed by atoms with Gasteiger partial charge in [-0.2, -0.15) is 0 Å². The van der Waals surface area contributed by atoms with Gasteiger partial charge in [-0.3, -0.25) is 24.3 Å². The number of anilines is 1. The lowest BCUT2D eigenvalue weighted by Gasteiger charge is -2.15. The molecule has 24 heavy (non-hydrogen) atoms. The van der Waals surface area contributed by atoms with Crippen molar-refractivity contribution in [2.45, 2.75) is 6.61 Å². The number of fused-ring (bicyclic) bond motifs is 2. The van der Waals surface area contributed by atoms with Crippen LogP contribution in [0.25, 0.3) is 5.69 Å². The fourth-order valence-corrected chi connectivity index (χ4v) is 3.00. The fourth-order valence-electron chi connectivity index (χ4n) is 3.00. The van der Waals surface area contributed by atoms with Crippen LogP contribution in [-0.2, 0) is 11.3 Å². The minimum absolute atomic E-state index is 0.0546. The first-order valence-corrected chi connectivity index (χ1v) is 6.92. The molecule has 2 amide bonds. The van der Waals surface area contributed by atoms with Crippen LogP contribution in [0.3, 0.4) is 0 Å². The van der Waals surface area contributed by atoms with Gasteiger partial charge in [0.2, 0.25) is 0 Å². The van der Waals surface area contributed by atoms with Crippen LogP contribution in [0.4, 0.5) is 10.2 Å². The van der Waals surface area contributed by atoms with Gasteiger partial charge in [0.25, 0.3) is 17.4 Å². The van der Waals surface area contributed by atoms with Crippen molar-refractivity contribution in [2.24, 2.45) is 0 Å². The smallest absolute Gasteiger partial charge is 0.423 e. The van der Waals surface area contributed by atoms with Crippen molar-refractivity contribution < 1.29 is 23.7 Å². The van der Waals surface area contributed by atoms with E-state index in [1.807, 2.05) is 0 Å². The topological polar surface area (TPSA) is 124 Å². The molecule has 8 nitrogen and oxygen atoms in total. The molecular weight excluding hydrogens is 320 g/mol. The molecule has 10 heteroatoms. The maximum absolute atomic E-state index is 13.9. The minimum atomic E-state index is -1.31. The molecule has 0 atom stereocenters. The number of hydrogen-bond donors (Lipinski definition) is 3. The average molecular weight is 329 g/mol. The Bertz CT molecular complexity index is 1000. The van der Waals surface area contributed by atoms with Crippen LogP contribution < -0.4 is 22.1 Å². The molecule has 4 rings (SSSR count). The van der Waals surface area contributed by atoms with Crippen molar-refractivity contribution in [3.05, 3.63) is 51.1 Å². The predicted octanol–water partition coefficient (Wildman–Crippen LogP) is -1.34. The zero-order valence-electron chi connectivity index (χ0n) is 12.0. The van der Waals surface area contributed by atoms with Crippen LogP contribution in [0, 0.1) is 5.82 Å². The second kappa shape index (κ2) is 4.76. The Kier molecular flexibility index (Phi) is 2.90. The molecule has 120 valence electrons. The SMILES string of the molecule is Nc1c2c(cc(=O)n1-c1cc(F)cc3c1COB3O)C(=O)NC2=O. The van der Waals surface area contributed by atoms with Crippen LogP contribution in [0.15, 0.2) is 23.0 Å². The van der Waals surface area contributed by atoms with Crippen LogP contribution >= 0.6 is 0 Å². The number of amides is 2. The van der Waals surface area contributed by atoms with Gasteiger partial charge in [0, 0.05) is 11.6 Å². The van der Waals surface area contributed by atoms with Gasteiger partial charge in [-0.1, -0.05) is 0 Å². The molecule has 0 unspecified atom stereocenters. The van der Waals surface area contributed by atoms with E-state index in [0.29, 0.717) is 5.56 Å². The van der Waals surface area contributed by atoms with Gasteiger partial charge >= 0.3 is 7.12 Å². The first kappa shape index (κ1) is 14.6. The van der Waals surface area contributed by atoms with Crippen molar-refractivity contribution in [3.63, 3.8) is 0 Å². The molecule has 1 aromatic heterocycles. The van der Waals surface area contributed by atoms with E-state index in [1.54, 1.807) is 0 Å². The van der Waals surface area contributed by atoms with Gasteiger partial charge in [-0.25, -0.2) is 4.39 Å². The highest BCUT2D eigenvalue weighted by Gasteiger charge is 2.35. The quantitative estimate of drug-likeness (QED) is 0.439. The largest absolute Gasteiger partial charge is 0.491 e. The predicted molar refractivity (Wildman–Crippen MR) is 80.6 cm³/mol. The number of carbonyl (C=O) groups excluding carboxylic acids is 2. The van der Waals surface area contributed by atoms with Gasteiger partial charge in [0.1, 0.15) is 11.6 Å². The number of benzene rings is 1. The maximum atomic E-state index is 13.9. The standard InChI is InChI=1S/C14H9BFN3O5/c16-5-1-8-7(4-24-15(8)23)9(2-5)19-10(20)3-6-11(12(19)17)14(22)18-13(6)21/h1-3,23H,4,17H2,(H,18,21,22). The molecule has 0 spiro atoms. The molecule has 4 N–H and O–H groups in total. The van der Waals surface area contributed by atoms with Crippen LogP contribution in [0.2, 0.25) is 0 Å². The number of pyridine rings is 1. The van der Waals surface area contributed by atoms with E-state index in [-0.39, 0.29) is 34.7 Å². The van der Waals surface area contributed by atoms with Gasteiger partial charge in [-0.15, -0.1) is 0 Å². The first-order chi connectivity index (χ1) is 11.4. The third kappa shape index (κ3) is 1.84. The number of imide groups is 1. The fraction of sp³-hybridized carbons (Fsp3) is 0.0714. The Labute approximate surface area is 133 Å². The van der Waals surface area contributed by atoms with E-state index in [4.69, 9.17) is 10.4 Å². The summed E-state index contributed by atoms with van der Waals surface area (Å²) in [5.41, 5.74) is 5.57. The summed E-state index contributed by atoms with van der Waals surface area (Å²) >= 11 is 0. The Balaban J connectivity index is 2.06. The van der Waals surface area contributed by atoms with Crippen molar-refractivity contribution in [1.29, 1.82) is 0 Å². The maximum Gasteiger partial charge on any atom is 0.491 e. The Morgan fingerprint density at radius 3 is 2.75 bits per heavy atom. The second-order valence-corrected chi connectivity index (χ2v) is 5.43. The van der Waals surface area contributed by atoms with Crippen molar-refractivity contribution in [2.75, 3.05) is 5.73 Å². The highest BCUT2D eigenvalue weighted by atomic mass is 19.1. The molecule has 2 aromatic rings. The number of nitrogens with zero attached hydrogens (tertiary/aromatic N) is 1. The van der Waals surface area contributed by atoms with E-state index in [9.17, 15) is 23.8 Å². The summed E-state index contributed by atoms with van der Waals surface area (Å²) in [5.74, 6) is -2.43. The van der Waals surface area contributed by atoms with E-state index in [0.717, 1.165) is 22.8 Å². The third-order valence-electron chi connectivity index (χ3n) is 4.07. The molecule has 0 radical (unpaired) electrons. The zero-order chi connectivity index (χ0) is 17.2. The minimum Gasteiger partial charge on any atom is -0.423 e. The summed E-state index contributed by atoms with van der Waals surface area (Å²) in [7, 11) is -1.31. The lowest BCUT2D eigenvalue weighted by Crippen LogP contribution is -2.31. The molecule has 3 heterocycles. The summed E-state index contributed by atoms with van der Waals surface area (Å²) in [4.78, 5) is 36.0. The molecule has 0 bridgehead atoms. The van der Waals surface area contributed by atoms with Crippen molar-refractivity contribution in [3.8, 4) is 5.69 Å². The number of halogens is 1. The average Bonchev–Trinajstić information content (AvgIpc) is 3.00. The van der Waals surface area contributed by atoms with E-state index < -0.39 is 30.3 Å². The highest BCUT2D eigenvalue weighted by molar-refractivity contribution is 6.61. The summed E-state index contributed by atoms with van der Waals surface area (Å²) in [6.07, 6.45) is 0. The van der Waals surface area contributed by atoms with Gasteiger partial charge in [0.05, 0.1) is 23.4 Å². The van der Waals surface area contributed by atoms with Gasteiger partial charge in [-0.05, 0) is 17.6 Å². The zero-order valence-corrected chi connectivity index (χ0v) is 12.0. The lowest BCUT2D eigenvalue weighted by molar-refractivity contribution is 0.0880. The summed E-state index contributed by atoms with van der Waals surface area (Å²) in [6, 6.07) is 3.12. The number of nitrogen functional groups attached to an aromatic ring is 1. The second-order valence-electron chi connectivity index (χ2n) is 5.43. The summed E-state index contributed by atoms with van der Waals surface area (Å²) < 4.78 is 19.9. The Hall–Kier alpha value is -2.98. The number of hydrogen-bond acceptors (Lipinski definition) is 6. The molecule has 0 saturated heterocycles. The summed E-state index contributed by atoms with van der Waals surface area (Å²) in [5, 5.41) is 11.8. The van der Waals surface area contributed by atoms with Crippen molar-refractivity contribution in [1.82, 2.24) is 9.88 Å². The monoisotopic (exact) mass is 329 g/mol. The van der Waals surface area contributed by atoms with E-state index in [2.05, 4.69) is 5.32 Å². The van der Waals surface area contributed by atoms with Crippen LogP contribution in [0.5, 0.6) is 0 Å². The number of carbonyl (C=O) groups is 2. The first-order valence-electron chi connectivity index (χ1n) is 6.92. The molecule has 0 saturated carbocycles. The Morgan fingerprint density at radius 1 is 1.25 bits per heavy atom. The molecule has 2 aliphatic rings. The number of nitrogens with one attached hydrogen (secondary N) is 1.